The fraction of sp³-hybridized carbons (Fsp3) is 0.429. The summed E-state index contributed by atoms with van der Waals surface area (Å²) in [6.07, 6.45) is 1.86. The molecule has 1 amide bonds. The predicted octanol–water partition coefficient (Wildman–Crippen LogP) is -0.238. The molecule has 1 aliphatic heterocycles. The van der Waals surface area contributed by atoms with Crippen LogP contribution in [-0.2, 0) is 9.59 Å². The van der Waals surface area contributed by atoms with E-state index in [1.807, 2.05) is 0 Å². The van der Waals surface area contributed by atoms with Gasteiger partial charge in [-0.3, -0.25) is 9.59 Å². The number of carboxylic acid groups (broad SMARTS) is 1. The van der Waals surface area contributed by atoms with Crippen molar-refractivity contribution in [2.75, 3.05) is 0 Å². The van der Waals surface area contributed by atoms with E-state index in [0.717, 1.165) is 0 Å². The summed E-state index contributed by atoms with van der Waals surface area (Å²) in [5.41, 5.74) is 0. The van der Waals surface area contributed by atoms with Gasteiger partial charge < -0.3 is 10.4 Å². The Morgan fingerprint density at radius 1 is 1.82 bits per heavy atom. The Balaban J connectivity index is 2.65. The Labute approximate surface area is 63.9 Å². The molecule has 2 unspecified atom stereocenters. The number of aliphatic carboxylic acids is 1. The maximum absolute atomic E-state index is 10.8. The Hall–Kier alpha value is -1.32. The molecule has 1 saturated heterocycles. The van der Waals surface area contributed by atoms with Gasteiger partial charge in [0.15, 0.2) is 0 Å². The quantitative estimate of drug-likeness (QED) is 0.427. The van der Waals surface area contributed by atoms with Crippen molar-refractivity contribution in [1.82, 2.24) is 5.32 Å². The number of nitrogens with one attached hydrogen (secondary N) is 1. The molecular weight excluding hydrogens is 146 g/mol. The zero-order valence-electron chi connectivity index (χ0n) is 5.91. The standard InChI is InChI=1S/C7H9NO3/c1-2-4-3-5(7(10)11)6(9)8-4/h2,4-5H,1,3H2,(H,8,9)(H,10,11). The SMILES string of the molecule is C=CC1CC(C(=O)O)C(=O)N1. The van der Waals surface area contributed by atoms with Crippen LogP contribution in [0.5, 0.6) is 0 Å². The van der Waals surface area contributed by atoms with Gasteiger partial charge >= 0.3 is 5.97 Å². The predicted molar refractivity (Wildman–Crippen MR) is 37.9 cm³/mol. The molecule has 4 nitrogen and oxygen atoms in total. The lowest BCUT2D eigenvalue weighted by Crippen LogP contribution is -2.27. The van der Waals surface area contributed by atoms with E-state index in [0.29, 0.717) is 6.42 Å². The van der Waals surface area contributed by atoms with E-state index in [9.17, 15) is 9.59 Å². The molecule has 2 atom stereocenters. The van der Waals surface area contributed by atoms with Gasteiger partial charge in [-0.15, -0.1) is 6.58 Å². The second kappa shape index (κ2) is 2.74. The molecular formula is C7H9NO3. The maximum Gasteiger partial charge on any atom is 0.316 e. The topological polar surface area (TPSA) is 66.4 Å². The van der Waals surface area contributed by atoms with Gasteiger partial charge in [0.25, 0.3) is 0 Å². The van der Waals surface area contributed by atoms with Gasteiger partial charge in [0, 0.05) is 6.04 Å². The van der Waals surface area contributed by atoms with E-state index in [1.54, 1.807) is 6.08 Å². The van der Waals surface area contributed by atoms with Crippen LogP contribution in [0.2, 0.25) is 0 Å². The van der Waals surface area contributed by atoms with Crippen LogP contribution in [0.4, 0.5) is 0 Å². The van der Waals surface area contributed by atoms with Crippen molar-refractivity contribution in [2.45, 2.75) is 12.5 Å². The first-order chi connectivity index (χ1) is 5.15. The summed E-state index contributed by atoms with van der Waals surface area (Å²) in [5, 5.41) is 11.0. The van der Waals surface area contributed by atoms with Crippen molar-refractivity contribution in [3.8, 4) is 0 Å². The van der Waals surface area contributed by atoms with E-state index < -0.39 is 17.8 Å². The zero-order valence-corrected chi connectivity index (χ0v) is 5.91. The van der Waals surface area contributed by atoms with Crippen molar-refractivity contribution < 1.29 is 14.7 Å². The monoisotopic (exact) mass is 155 g/mol. The van der Waals surface area contributed by atoms with Gasteiger partial charge in [-0.1, -0.05) is 6.08 Å². The molecule has 1 fully saturated rings. The molecule has 0 aliphatic carbocycles. The molecule has 2 N–H and O–H groups in total. The fourth-order valence-corrected chi connectivity index (χ4v) is 1.07. The first-order valence-electron chi connectivity index (χ1n) is 3.31. The highest BCUT2D eigenvalue weighted by molar-refractivity contribution is 5.98. The van der Waals surface area contributed by atoms with Gasteiger partial charge in [-0.05, 0) is 6.42 Å². The lowest BCUT2D eigenvalue weighted by atomic mass is 10.1. The van der Waals surface area contributed by atoms with Crippen molar-refractivity contribution >= 4 is 11.9 Å². The molecule has 1 heterocycles. The molecule has 0 spiro atoms. The number of hydrogen-bond acceptors (Lipinski definition) is 2. The van der Waals surface area contributed by atoms with Crippen LogP contribution in [-0.4, -0.2) is 23.0 Å². The molecule has 0 saturated carbocycles. The zero-order chi connectivity index (χ0) is 8.43. The lowest BCUT2D eigenvalue weighted by Gasteiger charge is -1.98. The Morgan fingerprint density at radius 2 is 2.45 bits per heavy atom. The summed E-state index contributed by atoms with van der Waals surface area (Å²) in [4.78, 5) is 21.2. The number of carbonyl (C=O) groups excluding carboxylic acids is 1. The number of amides is 1. The van der Waals surface area contributed by atoms with E-state index in [4.69, 9.17) is 5.11 Å². The average molecular weight is 155 g/mol. The maximum atomic E-state index is 10.8. The van der Waals surface area contributed by atoms with Gasteiger partial charge in [0.1, 0.15) is 5.92 Å². The third kappa shape index (κ3) is 1.39. The molecule has 0 aromatic rings. The van der Waals surface area contributed by atoms with Gasteiger partial charge in [-0.25, -0.2) is 0 Å². The molecule has 4 heteroatoms. The summed E-state index contributed by atoms with van der Waals surface area (Å²) in [6, 6.07) is -0.177. The lowest BCUT2D eigenvalue weighted by molar-refractivity contribution is -0.145. The van der Waals surface area contributed by atoms with E-state index in [1.165, 1.54) is 0 Å². The summed E-state index contributed by atoms with van der Waals surface area (Å²) in [5.74, 6) is -2.37. The van der Waals surface area contributed by atoms with Gasteiger partial charge in [0.05, 0.1) is 0 Å². The van der Waals surface area contributed by atoms with Crippen molar-refractivity contribution in [1.29, 1.82) is 0 Å². The molecule has 0 bridgehead atoms. The third-order valence-corrected chi connectivity index (χ3v) is 1.72. The molecule has 0 aromatic carbocycles. The fourth-order valence-electron chi connectivity index (χ4n) is 1.07. The van der Waals surface area contributed by atoms with Crippen LogP contribution in [0.25, 0.3) is 0 Å². The first kappa shape index (κ1) is 7.78. The van der Waals surface area contributed by atoms with Crippen molar-refractivity contribution in [2.24, 2.45) is 5.92 Å². The van der Waals surface area contributed by atoms with Crippen LogP contribution < -0.4 is 5.32 Å². The number of carbonyl (C=O) groups is 2. The highest BCUT2D eigenvalue weighted by Crippen LogP contribution is 2.15. The Bertz CT molecular complexity index is 212. The molecule has 0 aromatic heterocycles. The highest BCUT2D eigenvalue weighted by atomic mass is 16.4. The molecule has 11 heavy (non-hydrogen) atoms. The molecule has 1 rings (SSSR count). The van der Waals surface area contributed by atoms with Gasteiger partial charge in [-0.2, -0.15) is 0 Å². The Morgan fingerprint density at radius 3 is 2.73 bits per heavy atom. The second-order valence-electron chi connectivity index (χ2n) is 2.48. The van der Waals surface area contributed by atoms with E-state index in [2.05, 4.69) is 11.9 Å². The van der Waals surface area contributed by atoms with Crippen LogP contribution in [0.15, 0.2) is 12.7 Å². The number of carboxylic acids is 1. The third-order valence-electron chi connectivity index (χ3n) is 1.72. The van der Waals surface area contributed by atoms with Crippen LogP contribution >= 0.6 is 0 Å². The largest absolute Gasteiger partial charge is 0.481 e. The molecule has 0 radical (unpaired) electrons. The first-order valence-corrected chi connectivity index (χ1v) is 3.31. The molecule has 60 valence electrons. The number of hydrogen-bond donors (Lipinski definition) is 2. The second-order valence-corrected chi connectivity index (χ2v) is 2.48. The summed E-state index contributed by atoms with van der Waals surface area (Å²) in [7, 11) is 0. The minimum absolute atomic E-state index is 0.177. The van der Waals surface area contributed by atoms with Crippen molar-refractivity contribution in [3.05, 3.63) is 12.7 Å². The average Bonchev–Trinajstić information content (AvgIpc) is 2.30. The summed E-state index contributed by atoms with van der Waals surface area (Å²) in [6.45, 7) is 3.46. The van der Waals surface area contributed by atoms with Crippen LogP contribution in [0.3, 0.4) is 0 Å². The minimum atomic E-state index is -1.06. The smallest absolute Gasteiger partial charge is 0.316 e. The minimum Gasteiger partial charge on any atom is -0.481 e. The summed E-state index contributed by atoms with van der Waals surface area (Å²) >= 11 is 0. The summed E-state index contributed by atoms with van der Waals surface area (Å²) < 4.78 is 0. The molecule has 1 aliphatic rings. The van der Waals surface area contributed by atoms with Gasteiger partial charge in [0.2, 0.25) is 5.91 Å². The van der Waals surface area contributed by atoms with Crippen LogP contribution in [0, 0.1) is 5.92 Å². The Kier molecular flexibility index (Phi) is 1.94. The van der Waals surface area contributed by atoms with Crippen molar-refractivity contribution in [3.63, 3.8) is 0 Å². The highest BCUT2D eigenvalue weighted by Gasteiger charge is 2.35. The van der Waals surface area contributed by atoms with E-state index >= 15 is 0 Å². The normalized spacial score (nSPS) is 29.6. The number of rotatable bonds is 2. The van der Waals surface area contributed by atoms with E-state index in [-0.39, 0.29) is 6.04 Å². The van der Waals surface area contributed by atoms with Crippen LogP contribution in [0.1, 0.15) is 6.42 Å².